The number of amides is 3. The summed E-state index contributed by atoms with van der Waals surface area (Å²) in [6.07, 6.45) is 1.46. The Hall–Kier alpha value is -2.53. The predicted molar refractivity (Wildman–Crippen MR) is 94.3 cm³/mol. The van der Waals surface area contributed by atoms with Crippen LogP contribution in [0.1, 0.15) is 19.8 Å². The number of nitro benzene ring substituents is 1. The van der Waals surface area contributed by atoms with Gasteiger partial charge in [0, 0.05) is 31.8 Å². The van der Waals surface area contributed by atoms with Crippen LogP contribution in [-0.2, 0) is 14.8 Å². The second-order valence-electron chi connectivity index (χ2n) is 6.76. The van der Waals surface area contributed by atoms with E-state index in [9.17, 15) is 28.1 Å². The topological polar surface area (TPSA) is 130 Å². The van der Waals surface area contributed by atoms with Crippen LogP contribution >= 0.6 is 0 Å². The maximum atomic E-state index is 12.4. The Morgan fingerprint density at radius 2 is 1.93 bits per heavy atom. The fourth-order valence-electron chi connectivity index (χ4n) is 3.36. The van der Waals surface area contributed by atoms with Crippen molar-refractivity contribution >= 4 is 27.6 Å². The van der Waals surface area contributed by atoms with Crippen molar-refractivity contribution in [2.24, 2.45) is 5.92 Å². The van der Waals surface area contributed by atoms with Crippen LogP contribution in [0, 0.1) is 16.0 Å². The summed E-state index contributed by atoms with van der Waals surface area (Å²) in [5.74, 6) is 0.0738. The zero-order valence-corrected chi connectivity index (χ0v) is 15.5. The quantitative estimate of drug-likeness (QED) is 0.433. The third-order valence-electron chi connectivity index (χ3n) is 4.88. The molecule has 1 aromatic rings. The smallest absolute Gasteiger partial charge is 0.312 e. The maximum absolute atomic E-state index is 12.4. The van der Waals surface area contributed by atoms with E-state index in [0.29, 0.717) is 18.9 Å². The summed E-state index contributed by atoms with van der Waals surface area (Å²) in [5.41, 5.74) is -0.215. The van der Waals surface area contributed by atoms with Gasteiger partial charge in [-0.2, -0.15) is 0 Å². The van der Waals surface area contributed by atoms with E-state index >= 15 is 0 Å². The summed E-state index contributed by atoms with van der Waals surface area (Å²) in [5, 5.41) is 10.6. The number of rotatable bonds is 6. The van der Waals surface area contributed by atoms with Crippen molar-refractivity contribution in [3.05, 3.63) is 34.4 Å². The lowest BCUT2D eigenvalue weighted by Crippen LogP contribution is -2.41. The lowest BCUT2D eigenvalue weighted by molar-refractivity contribution is -0.384. The van der Waals surface area contributed by atoms with Crippen LogP contribution in [0.15, 0.2) is 29.2 Å². The minimum Gasteiger partial charge on any atom is -0.312 e. The van der Waals surface area contributed by atoms with Crippen LogP contribution in [0.25, 0.3) is 0 Å². The highest BCUT2D eigenvalue weighted by Gasteiger charge is 2.46. The first-order valence-electron chi connectivity index (χ1n) is 8.57. The van der Waals surface area contributed by atoms with Crippen LogP contribution in [0.2, 0.25) is 0 Å². The summed E-state index contributed by atoms with van der Waals surface area (Å²) >= 11 is 0. The minimum absolute atomic E-state index is 0.0642. The maximum Gasteiger partial charge on any atom is 0.327 e. The third kappa shape index (κ3) is 3.78. The number of piperidine rings is 1. The standard InChI is InChI=1S/C16H20N4O6S/c1-11-6-8-18-14(10-11)15(21)19(16(18)22)9-7-17-27(25,26)13-4-2-12(3-5-13)20(23)24/h2-5,11,14,17H,6-10H2,1H3. The molecule has 0 radical (unpaired) electrons. The highest BCUT2D eigenvalue weighted by Crippen LogP contribution is 2.29. The number of urea groups is 1. The largest absolute Gasteiger partial charge is 0.327 e. The van der Waals surface area contributed by atoms with E-state index in [1.54, 1.807) is 4.90 Å². The Kier molecular flexibility index (Phi) is 5.16. The molecule has 11 heteroatoms. The number of nitrogens with zero attached hydrogens (tertiary/aromatic N) is 3. The van der Waals surface area contributed by atoms with Gasteiger partial charge in [-0.3, -0.25) is 19.8 Å². The highest BCUT2D eigenvalue weighted by atomic mass is 32.2. The molecule has 2 aliphatic heterocycles. The number of nitrogens with one attached hydrogen (secondary N) is 1. The zero-order chi connectivity index (χ0) is 19.8. The molecule has 2 fully saturated rings. The molecule has 3 amide bonds. The van der Waals surface area contributed by atoms with Gasteiger partial charge in [0.1, 0.15) is 6.04 Å². The predicted octanol–water partition coefficient (Wildman–Crippen LogP) is 0.936. The van der Waals surface area contributed by atoms with Crippen LogP contribution < -0.4 is 4.72 Å². The summed E-state index contributed by atoms with van der Waals surface area (Å²) < 4.78 is 26.8. The molecule has 0 aromatic heterocycles. The molecule has 2 saturated heterocycles. The Morgan fingerprint density at radius 3 is 2.56 bits per heavy atom. The molecule has 1 N–H and O–H groups in total. The summed E-state index contributed by atoms with van der Waals surface area (Å²) in [6, 6.07) is 3.63. The van der Waals surface area contributed by atoms with Gasteiger partial charge in [0.25, 0.3) is 11.6 Å². The third-order valence-corrected chi connectivity index (χ3v) is 6.35. The summed E-state index contributed by atoms with van der Waals surface area (Å²) in [4.78, 5) is 37.3. The van der Waals surface area contributed by atoms with Gasteiger partial charge < -0.3 is 4.90 Å². The number of imide groups is 1. The van der Waals surface area contributed by atoms with Crippen LogP contribution in [0.4, 0.5) is 10.5 Å². The van der Waals surface area contributed by atoms with Crippen molar-refractivity contribution in [2.75, 3.05) is 19.6 Å². The number of non-ortho nitro benzene ring substituents is 1. The van der Waals surface area contributed by atoms with Gasteiger partial charge in [-0.25, -0.2) is 17.9 Å². The van der Waals surface area contributed by atoms with Gasteiger partial charge in [-0.15, -0.1) is 0 Å². The second-order valence-corrected chi connectivity index (χ2v) is 8.53. The number of fused-ring (bicyclic) bond motifs is 1. The molecule has 27 heavy (non-hydrogen) atoms. The molecule has 10 nitrogen and oxygen atoms in total. The monoisotopic (exact) mass is 396 g/mol. The van der Waals surface area contributed by atoms with E-state index in [-0.39, 0.29) is 35.6 Å². The van der Waals surface area contributed by atoms with Gasteiger partial charge in [-0.1, -0.05) is 6.92 Å². The lowest BCUT2D eigenvalue weighted by Gasteiger charge is -2.30. The van der Waals surface area contributed by atoms with Gasteiger partial charge in [0.05, 0.1) is 9.82 Å². The fourth-order valence-corrected chi connectivity index (χ4v) is 4.38. The highest BCUT2D eigenvalue weighted by molar-refractivity contribution is 7.89. The van der Waals surface area contributed by atoms with Crippen LogP contribution in [-0.4, -0.2) is 60.8 Å². The van der Waals surface area contributed by atoms with E-state index in [1.165, 1.54) is 0 Å². The summed E-state index contributed by atoms with van der Waals surface area (Å²) in [7, 11) is -3.90. The molecule has 0 saturated carbocycles. The van der Waals surface area contributed by atoms with Crippen LogP contribution in [0.3, 0.4) is 0 Å². The number of hydrogen-bond acceptors (Lipinski definition) is 6. The second kappa shape index (κ2) is 7.24. The number of carbonyl (C=O) groups is 2. The SMILES string of the molecule is CC1CCN2C(=O)N(CCNS(=O)(=O)c3ccc([N+](=O)[O-])cc3)C(=O)C2C1. The first-order chi connectivity index (χ1) is 12.7. The molecule has 2 unspecified atom stereocenters. The number of benzene rings is 1. The molecule has 1 aromatic carbocycles. The fraction of sp³-hybridized carbons (Fsp3) is 0.500. The Balaban J connectivity index is 1.61. The Bertz CT molecular complexity index is 869. The molecule has 3 rings (SSSR count). The molecular weight excluding hydrogens is 376 g/mol. The lowest BCUT2D eigenvalue weighted by atomic mass is 9.93. The molecule has 0 spiro atoms. The molecule has 2 heterocycles. The average molecular weight is 396 g/mol. The molecule has 146 valence electrons. The van der Waals surface area contributed by atoms with Crippen molar-refractivity contribution in [3.63, 3.8) is 0 Å². The van der Waals surface area contributed by atoms with Gasteiger partial charge in [0.2, 0.25) is 10.0 Å². The Labute approximate surface area is 156 Å². The van der Waals surface area contributed by atoms with Crippen LogP contribution in [0.5, 0.6) is 0 Å². The zero-order valence-electron chi connectivity index (χ0n) is 14.7. The number of sulfonamides is 1. The van der Waals surface area contributed by atoms with Crippen molar-refractivity contribution < 1.29 is 22.9 Å². The molecule has 0 bridgehead atoms. The molecule has 2 atom stereocenters. The van der Waals surface area contributed by atoms with Gasteiger partial charge in [-0.05, 0) is 30.9 Å². The normalized spacial score (nSPS) is 22.9. The number of hydrogen-bond donors (Lipinski definition) is 1. The first-order valence-corrected chi connectivity index (χ1v) is 10.0. The minimum atomic E-state index is -3.90. The van der Waals surface area contributed by atoms with Crippen molar-refractivity contribution in [2.45, 2.75) is 30.7 Å². The molecule has 2 aliphatic rings. The summed E-state index contributed by atoms with van der Waals surface area (Å²) in [6.45, 7) is 2.37. The van der Waals surface area contributed by atoms with Crippen molar-refractivity contribution in [3.8, 4) is 0 Å². The Morgan fingerprint density at radius 1 is 1.26 bits per heavy atom. The molecular formula is C16H20N4O6S. The van der Waals surface area contributed by atoms with Crippen molar-refractivity contribution in [1.29, 1.82) is 0 Å². The van der Waals surface area contributed by atoms with E-state index in [1.807, 2.05) is 6.92 Å². The number of carbonyl (C=O) groups excluding carboxylic acids is 2. The van der Waals surface area contributed by atoms with Gasteiger partial charge >= 0.3 is 6.03 Å². The van der Waals surface area contributed by atoms with E-state index in [0.717, 1.165) is 35.6 Å². The molecule has 0 aliphatic carbocycles. The average Bonchev–Trinajstić information content (AvgIpc) is 2.86. The van der Waals surface area contributed by atoms with Gasteiger partial charge in [0.15, 0.2) is 0 Å². The first kappa shape index (κ1) is 19.2. The van der Waals surface area contributed by atoms with E-state index in [4.69, 9.17) is 0 Å². The van der Waals surface area contributed by atoms with E-state index in [2.05, 4.69) is 4.72 Å². The number of nitro groups is 1. The van der Waals surface area contributed by atoms with E-state index < -0.39 is 21.0 Å². The van der Waals surface area contributed by atoms with Crippen molar-refractivity contribution in [1.82, 2.24) is 14.5 Å².